The summed E-state index contributed by atoms with van der Waals surface area (Å²) in [4.78, 5) is 23.6. The zero-order valence-corrected chi connectivity index (χ0v) is 13.6. The third-order valence-electron chi connectivity index (χ3n) is 2.29. The number of pyridine rings is 1. The van der Waals surface area contributed by atoms with E-state index in [0.717, 1.165) is 0 Å². The van der Waals surface area contributed by atoms with Crippen LogP contribution < -0.4 is 5.32 Å². The third-order valence-corrected chi connectivity index (χ3v) is 2.89. The summed E-state index contributed by atoms with van der Waals surface area (Å²) in [7, 11) is 1.63. The minimum atomic E-state index is -5.08. The van der Waals surface area contributed by atoms with Crippen LogP contribution in [-0.2, 0) is 9.53 Å². The van der Waals surface area contributed by atoms with Gasteiger partial charge in [-0.2, -0.15) is 13.2 Å². The molecule has 0 amide bonds. The summed E-state index contributed by atoms with van der Waals surface area (Å²) in [6.45, 7) is 2.53. The van der Waals surface area contributed by atoms with Gasteiger partial charge in [0.15, 0.2) is 0 Å². The normalized spacial score (nSPS) is 11.9. The van der Waals surface area contributed by atoms with E-state index in [2.05, 4.69) is 26.2 Å². The van der Waals surface area contributed by atoms with Gasteiger partial charge in [0.25, 0.3) is 0 Å². The Balaban J connectivity index is 0.000000585. The molecule has 3 N–H and O–H groups in total. The van der Waals surface area contributed by atoms with E-state index in [9.17, 15) is 18.0 Å². The molecule has 0 fully saturated rings. The number of hydrogen-bond acceptors (Lipinski definition) is 5. The summed E-state index contributed by atoms with van der Waals surface area (Å²) >= 11 is 3.26. The highest BCUT2D eigenvalue weighted by Crippen LogP contribution is 2.20. The molecule has 0 aromatic carbocycles. The number of methoxy groups -OCH3 is 1. The second-order valence-corrected chi connectivity index (χ2v) is 4.94. The fourth-order valence-electron chi connectivity index (χ4n) is 1.01. The lowest BCUT2D eigenvalue weighted by atomic mass is 10.3. The summed E-state index contributed by atoms with van der Waals surface area (Å²) in [5.74, 6) is -3.15. The minimum absolute atomic E-state index is 0.0628. The van der Waals surface area contributed by atoms with E-state index in [0.29, 0.717) is 16.8 Å². The van der Waals surface area contributed by atoms with Gasteiger partial charge in [0.2, 0.25) is 0 Å². The molecule has 130 valence electrons. The van der Waals surface area contributed by atoms with Gasteiger partial charge in [-0.25, -0.2) is 14.6 Å². The number of hydrogen-bond donors (Lipinski definition) is 3. The number of carboxylic acid groups (broad SMARTS) is 2. The van der Waals surface area contributed by atoms with E-state index in [-0.39, 0.29) is 11.7 Å². The van der Waals surface area contributed by atoms with Crippen molar-refractivity contribution in [3.8, 4) is 0 Å². The molecule has 1 heterocycles. The van der Waals surface area contributed by atoms with Crippen LogP contribution in [0.25, 0.3) is 0 Å². The molecule has 1 unspecified atom stereocenters. The number of carboxylic acids is 2. The molecule has 1 rings (SSSR count). The SMILES string of the molecule is COC(C)CNc1ncc(C(=O)O)cc1Br.O=C(O)C(F)(F)F. The zero-order valence-electron chi connectivity index (χ0n) is 12.0. The molecule has 1 aromatic rings. The summed E-state index contributed by atoms with van der Waals surface area (Å²) in [5.41, 5.74) is 0.150. The summed E-state index contributed by atoms with van der Waals surface area (Å²) < 4.78 is 37.4. The number of rotatable bonds is 5. The first-order valence-electron chi connectivity index (χ1n) is 5.94. The van der Waals surface area contributed by atoms with Crippen molar-refractivity contribution in [1.82, 2.24) is 4.98 Å². The van der Waals surface area contributed by atoms with Gasteiger partial charge in [-0.05, 0) is 28.9 Å². The molecule has 11 heteroatoms. The highest BCUT2D eigenvalue weighted by atomic mass is 79.9. The number of aromatic carboxylic acids is 1. The van der Waals surface area contributed by atoms with Crippen LogP contribution in [0.1, 0.15) is 17.3 Å². The highest BCUT2D eigenvalue weighted by Gasteiger charge is 2.38. The summed E-state index contributed by atoms with van der Waals surface area (Å²) in [6.07, 6.45) is -3.71. The van der Waals surface area contributed by atoms with Gasteiger partial charge in [0.1, 0.15) is 5.82 Å². The van der Waals surface area contributed by atoms with E-state index < -0.39 is 18.1 Å². The number of aliphatic carboxylic acids is 1. The van der Waals surface area contributed by atoms with Crippen molar-refractivity contribution >= 4 is 33.7 Å². The van der Waals surface area contributed by atoms with E-state index in [4.69, 9.17) is 19.7 Å². The predicted octanol–water partition coefficient (Wildman–Crippen LogP) is 2.62. The van der Waals surface area contributed by atoms with Crippen LogP contribution in [0.15, 0.2) is 16.7 Å². The Morgan fingerprint density at radius 2 is 1.96 bits per heavy atom. The third kappa shape index (κ3) is 8.35. The molecule has 1 aromatic heterocycles. The first kappa shape index (κ1) is 21.1. The van der Waals surface area contributed by atoms with Crippen LogP contribution in [0.2, 0.25) is 0 Å². The number of nitrogens with one attached hydrogen (secondary N) is 1. The maximum atomic E-state index is 10.7. The lowest BCUT2D eigenvalue weighted by Crippen LogP contribution is -2.21. The second-order valence-electron chi connectivity index (χ2n) is 4.09. The van der Waals surface area contributed by atoms with Crippen molar-refractivity contribution in [2.45, 2.75) is 19.2 Å². The Bertz CT molecular complexity index is 554. The Kier molecular flexibility index (Phi) is 8.54. The molecule has 7 nitrogen and oxygen atoms in total. The first-order chi connectivity index (χ1) is 10.5. The van der Waals surface area contributed by atoms with Crippen LogP contribution in [0.3, 0.4) is 0 Å². The molecule has 0 aliphatic heterocycles. The van der Waals surface area contributed by atoms with Crippen LogP contribution >= 0.6 is 15.9 Å². The minimum Gasteiger partial charge on any atom is -0.478 e. The predicted molar refractivity (Wildman–Crippen MR) is 77.5 cm³/mol. The monoisotopic (exact) mass is 402 g/mol. The first-order valence-corrected chi connectivity index (χ1v) is 6.74. The molecular weight excluding hydrogens is 389 g/mol. The average Bonchev–Trinajstić information content (AvgIpc) is 2.45. The van der Waals surface area contributed by atoms with E-state index >= 15 is 0 Å². The quantitative estimate of drug-likeness (QED) is 0.694. The topological polar surface area (TPSA) is 109 Å². The Morgan fingerprint density at radius 3 is 2.30 bits per heavy atom. The molecule has 1 atom stereocenters. The van der Waals surface area contributed by atoms with Crippen molar-refractivity contribution in [1.29, 1.82) is 0 Å². The average molecular weight is 403 g/mol. The van der Waals surface area contributed by atoms with Gasteiger partial charge in [0.05, 0.1) is 16.1 Å². The van der Waals surface area contributed by atoms with E-state index in [1.54, 1.807) is 7.11 Å². The number of carbonyl (C=O) groups is 2. The van der Waals surface area contributed by atoms with Crippen molar-refractivity contribution in [2.24, 2.45) is 0 Å². The Labute approximate surface area is 137 Å². The van der Waals surface area contributed by atoms with Crippen molar-refractivity contribution in [3.05, 3.63) is 22.3 Å². The van der Waals surface area contributed by atoms with Gasteiger partial charge in [0, 0.05) is 19.9 Å². The van der Waals surface area contributed by atoms with Crippen molar-refractivity contribution < 1.29 is 37.7 Å². The van der Waals surface area contributed by atoms with E-state index in [1.165, 1.54) is 12.3 Å². The van der Waals surface area contributed by atoms with Crippen molar-refractivity contribution in [3.63, 3.8) is 0 Å². The number of aromatic nitrogens is 1. The smallest absolute Gasteiger partial charge is 0.478 e. The highest BCUT2D eigenvalue weighted by molar-refractivity contribution is 9.10. The lowest BCUT2D eigenvalue weighted by Gasteiger charge is -2.12. The van der Waals surface area contributed by atoms with Gasteiger partial charge in [-0.15, -0.1) is 0 Å². The summed E-state index contributed by atoms with van der Waals surface area (Å²) in [6, 6.07) is 1.51. The van der Waals surface area contributed by atoms with Gasteiger partial charge >= 0.3 is 18.1 Å². The molecular formula is C12H14BrF3N2O5. The maximum absolute atomic E-state index is 10.7. The summed E-state index contributed by atoms with van der Waals surface area (Å²) in [5, 5.41) is 18.9. The fourth-order valence-corrected chi connectivity index (χ4v) is 1.50. The van der Waals surface area contributed by atoms with Gasteiger partial charge in [-0.3, -0.25) is 0 Å². The Morgan fingerprint density at radius 1 is 1.43 bits per heavy atom. The number of anilines is 1. The Hall–Kier alpha value is -1.88. The lowest BCUT2D eigenvalue weighted by molar-refractivity contribution is -0.192. The van der Waals surface area contributed by atoms with Crippen LogP contribution in [0.5, 0.6) is 0 Å². The number of ether oxygens (including phenoxy) is 1. The number of halogens is 4. The van der Waals surface area contributed by atoms with Crippen molar-refractivity contribution in [2.75, 3.05) is 19.0 Å². The van der Waals surface area contributed by atoms with E-state index in [1.807, 2.05) is 6.92 Å². The molecule has 0 bridgehead atoms. The van der Waals surface area contributed by atoms with Crippen LogP contribution in [0.4, 0.5) is 19.0 Å². The second kappa shape index (κ2) is 9.30. The fraction of sp³-hybridized carbons (Fsp3) is 0.417. The number of alkyl halides is 3. The molecule has 0 saturated carbocycles. The maximum Gasteiger partial charge on any atom is 0.490 e. The van der Waals surface area contributed by atoms with Crippen LogP contribution in [-0.4, -0.2) is 53.1 Å². The standard InChI is InChI=1S/C10H13BrN2O3.C2HF3O2/c1-6(16-2)4-12-9-8(11)3-7(5-13-9)10(14)15;3-2(4,5)1(6)7/h3,5-6H,4H2,1-2H3,(H,12,13)(H,14,15);(H,6,7). The molecule has 0 radical (unpaired) electrons. The molecule has 23 heavy (non-hydrogen) atoms. The van der Waals surface area contributed by atoms with Crippen LogP contribution in [0, 0.1) is 0 Å². The zero-order chi connectivity index (χ0) is 18.2. The largest absolute Gasteiger partial charge is 0.490 e. The number of nitrogens with zero attached hydrogens (tertiary/aromatic N) is 1. The molecule has 0 spiro atoms. The molecule has 0 aliphatic rings. The van der Waals surface area contributed by atoms with Gasteiger partial charge in [-0.1, -0.05) is 0 Å². The molecule has 0 saturated heterocycles. The van der Waals surface area contributed by atoms with Gasteiger partial charge < -0.3 is 20.3 Å². The molecule has 0 aliphatic carbocycles.